The van der Waals surface area contributed by atoms with Gasteiger partial charge in [-0.25, -0.2) is 0 Å². The molecule has 2 aliphatic heterocycles. The van der Waals surface area contributed by atoms with Crippen molar-refractivity contribution in [2.45, 2.75) is 77.7 Å². The number of rotatable bonds is 2. The Morgan fingerprint density at radius 2 is 1.91 bits per heavy atom. The standard InChI is InChI=1S/C25H35NO6/c1-13-5-6-19-23(2,3)21(30)18(29)11-24(19,4)25(13)10-15-17(28)9-14-16(20(15)32-25)12-26(7-8-27)22(14)31/h9,13,18-19,21,27-30H,5-8,10-12H2,1-4H3/t13-,18-,19+,21-,24+,25-/m1/s1. The number of amides is 1. The van der Waals surface area contributed by atoms with Crippen LogP contribution in [-0.4, -0.2) is 62.2 Å². The number of carbonyl (C=O) groups is 1. The Morgan fingerprint density at radius 3 is 2.59 bits per heavy atom. The van der Waals surface area contributed by atoms with Crippen molar-refractivity contribution in [2.24, 2.45) is 22.7 Å². The molecule has 0 aromatic heterocycles. The number of fused-ring (bicyclic) bond motifs is 5. The molecule has 6 atom stereocenters. The highest BCUT2D eigenvalue weighted by Crippen LogP contribution is 2.67. The molecule has 2 aliphatic carbocycles. The first-order valence-corrected chi connectivity index (χ1v) is 11.8. The maximum atomic E-state index is 12.8. The van der Waals surface area contributed by atoms with Crippen LogP contribution in [0.4, 0.5) is 0 Å². The van der Waals surface area contributed by atoms with E-state index in [1.54, 1.807) is 11.0 Å². The van der Waals surface area contributed by atoms with Gasteiger partial charge in [-0.1, -0.05) is 27.7 Å². The van der Waals surface area contributed by atoms with Gasteiger partial charge in [-0.15, -0.1) is 0 Å². The summed E-state index contributed by atoms with van der Waals surface area (Å²) in [5, 5.41) is 41.9. The number of aliphatic hydroxyl groups excluding tert-OH is 3. The molecule has 1 amide bonds. The van der Waals surface area contributed by atoms with Crippen molar-refractivity contribution in [3.8, 4) is 11.5 Å². The number of ether oxygens (including phenoxy) is 1. The van der Waals surface area contributed by atoms with Crippen molar-refractivity contribution in [3.05, 3.63) is 22.8 Å². The third kappa shape index (κ3) is 2.56. The smallest absolute Gasteiger partial charge is 0.254 e. The molecule has 32 heavy (non-hydrogen) atoms. The Balaban J connectivity index is 1.62. The van der Waals surface area contributed by atoms with E-state index in [9.17, 15) is 25.2 Å². The van der Waals surface area contributed by atoms with Gasteiger partial charge in [-0.05, 0) is 42.6 Å². The van der Waals surface area contributed by atoms with E-state index in [1.165, 1.54) is 0 Å². The Hall–Kier alpha value is -1.83. The molecule has 2 saturated carbocycles. The first-order chi connectivity index (χ1) is 15.0. The zero-order valence-corrected chi connectivity index (χ0v) is 19.4. The topological polar surface area (TPSA) is 110 Å². The van der Waals surface area contributed by atoms with E-state index in [0.717, 1.165) is 24.0 Å². The Labute approximate surface area is 189 Å². The third-order valence-electron chi connectivity index (χ3n) is 9.50. The normalized spacial score (nSPS) is 39.6. The number of aromatic hydroxyl groups is 1. The molecule has 0 saturated heterocycles. The zero-order valence-electron chi connectivity index (χ0n) is 19.4. The first kappa shape index (κ1) is 22.0. The van der Waals surface area contributed by atoms with Gasteiger partial charge in [-0.2, -0.15) is 0 Å². The van der Waals surface area contributed by atoms with Crippen LogP contribution in [-0.2, 0) is 13.0 Å². The van der Waals surface area contributed by atoms with Crippen molar-refractivity contribution in [2.75, 3.05) is 13.2 Å². The molecular formula is C25H35NO6. The van der Waals surface area contributed by atoms with E-state index in [4.69, 9.17) is 4.74 Å². The van der Waals surface area contributed by atoms with E-state index >= 15 is 0 Å². The van der Waals surface area contributed by atoms with Crippen LogP contribution in [0.3, 0.4) is 0 Å². The van der Waals surface area contributed by atoms with Crippen molar-refractivity contribution in [3.63, 3.8) is 0 Å². The fourth-order valence-electron chi connectivity index (χ4n) is 7.76. The van der Waals surface area contributed by atoms with Gasteiger partial charge in [0.1, 0.15) is 17.1 Å². The maximum absolute atomic E-state index is 12.8. The predicted octanol–water partition coefficient (Wildman–Crippen LogP) is 2.22. The van der Waals surface area contributed by atoms with Gasteiger partial charge < -0.3 is 30.1 Å². The molecule has 0 unspecified atom stereocenters. The highest BCUT2D eigenvalue weighted by molar-refractivity contribution is 6.00. The van der Waals surface area contributed by atoms with Gasteiger partial charge in [0.15, 0.2) is 0 Å². The second kappa shape index (κ2) is 6.84. The van der Waals surface area contributed by atoms with Crippen LogP contribution in [0.25, 0.3) is 0 Å². The second-order valence-electron chi connectivity index (χ2n) is 11.3. The average molecular weight is 446 g/mol. The Morgan fingerprint density at radius 1 is 1.19 bits per heavy atom. The highest BCUT2D eigenvalue weighted by atomic mass is 16.5. The Kier molecular flexibility index (Phi) is 4.70. The van der Waals surface area contributed by atoms with Crippen molar-refractivity contribution in [1.82, 2.24) is 4.90 Å². The lowest BCUT2D eigenvalue weighted by Crippen LogP contribution is -2.69. The predicted molar refractivity (Wildman–Crippen MR) is 117 cm³/mol. The molecule has 7 heteroatoms. The van der Waals surface area contributed by atoms with Crippen LogP contribution in [0.5, 0.6) is 11.5 Å². The maximum Gasteiger partial charge on any atom is 0.254 e. The lowest BCUT2D eigenvalue weighted by atomic mass is 9.43. The zero-order chi connectivity index (χ0) is 23.2. The van der Waals surface area contributed by atoms with Gasteiger partial charge in [0.05, 0.1) is 30.9 Å². The van der Waals surface area contributed by atoms with Gasteiger partial charge >= 0.3 is 0 Å². The SMILES string of the molecule is C[C@@H]1CC[C@H]2C(C)(C)[C@H](O)[C@H](O)C[C@]2(C)[C@@]12Cc1c(O)cc3c(c1O2)CN(CCO)C3=O. The summed E-state index contributed by atoms with van der Waals surface area (Å²) in [6.07, 6.45) is 1.18. The summed E-state index contributed by atoms with van der Waals surface area (Å²) in [5.41, 5.74) is 0.415. The fourth-order valence-corrected chi connectivity index (χ4v) is 7.76. The van der Waals surface area contributed by atoms with E-state index in [2.05, 4.69) is 13.8 Å². The van der Waals surface area contributed by atoms with Crippen LogP contribution >= 0.6 is 0 Å². The monoisotopic (exact) mass is 445 g/mol. The number of benzene rings is 1. The minimum Gasteiger partial charge on any atom is -0.508 e. The van der Waals surface area contributed by atoms with Crippen LogP contribution in [0.15, 0.2) is 6.07 Å². The number of hydrogen-bond acceptors (Lipinski definition) is 6. The molecule has 1 spiro atoms. The summed E-state index contributed by atoms with van der Waals surface area (Å²) < 4.78 is 6.90. The molecule has 2 fully saturated rings. The van der Waals surface area contributed by atoms with Gasteiger partial charge in [-0.3, -0.25) is 4.79 Å². The number of β-amino-alcohol motifs (C(OH)–C–C–N with tert-alkyl or cyclic N) is 1. The number of phenols is 1. The van der Waals surface area contributed by atoms with Crippen molar-refractivity contribution < 1.29 is 30.0 Å². The second-order valence-corrected chi connectivity index (χ2v) is 11.3. The summed E-state index contributed by atoms with van der Waals surface area (Å²) in [7, 11) is 0. The van der Waals surface area contributed by atoms with Crippen molar-refractivity contribution in [1.29, 1.82) is 0 Å². The molecule has 1 aromatic carbocycles. The van der Waals surface area contributed by atoms with Gasteiger partial charge in [0, 0.05) is 29.5 Å². The van der Waals surface area contributed by atoms with Crippen molar-refractivity contribution >= 4 is 5.91 Å². The number of carbonyl (C=O) groups excluding carboxylic acids is 1. The molecule has 1 aromatic rings. The Bertz CT molecular complexity index is 976. The summed E-state index contributed by atoms with van der Waals surface area (Å²) in [4.78, 5) is 14.4. The molecule has 0 bridgehead atoms. The summed E-state index contributed by atoms with van der Waals surface area (Å²) in [6, 6.07) is 1.55. The molecule has 0 radical (unpaired) electrons. The summed E-state index contributed by atoms with van der Waals surface area (Å²) in [6.45, 7) is 8.90. The third-order valence-corrected chi connectivity index (χ3v) is 9.50. The molecular weight excluding hydrogens is 410 g/mol. The molecule has 4 aliphatic rings. The molecule has 5 rings (SSSR count). The molecule has 2 heterocycles. The van der Waals surface area contributed by atoms with E-state index in [0.29, 0.717) is 30.7 Å². The van der Waals surface area contributed by atoms with E-state index in [1.807, 2.05) is 13.8 Å². The van der Waals surface area contributed by atoms with Crippen LogP contribution in [0.1, 0.15) is 68.4 Å². The van der Waals surface area contributed by atoms with Crippen LogP contribution in [0, 0.1) is 22.7 Å². The molecule has 4 N–H and O–H groups in total. The molecule has 7 nitrogen and oxygen atoms in total. The number of phenolic OH excluding ortho intramolecular Hbond substituents is 1. The number of aliphatic hydroxyl groups is 3. The summed E-state index contributed by atoms with van der Waals surface area (Å²) >= 11 is 0. The lowest BCUT2D eigenvalue weighted by Gasteiger charge is -2.64. The largest absolute Gasteiger partial charge is 0.508 e. The van der Waals surface area contributed by atoms with Crippen LogP contribution in [0.2, 0.25) is 0 Å². The van der Waals surface area contributed by atoms with Gasteiger partial charge in [0.2, 0.25) is 0 Å². The summed E-state index contributed by atoms with van der Waals surface area (Å²) in [5.74, 6) is 0.788. The average Bonchev–Trinajstić information content (AvgIpc) is 3.27. The highest BCUT2D eigenvalue weighted by Gasteiger charge is 2.68. The van der Waals surface area contributed by atoms with Crippen LogP contribution < -0.4 is 4.74 Å². The fraction of sp³-hybridized carbons (Fsp3) is 0.720. The number of hydrogen-bond donors (Lipinski definition) is 4. The minimum atomic E-state index is -0.846. The quantitative estimate of drug-likeness (QED) is 0.556. The molecule has 176 valence electrons. The van der Waals surface area contributed by atoms with Gasteiger partial charge in [0.25, 0.3) is 5.91 Å². The first-order valence-electron chi connectivity index (χ1n) is 11.8. The van der Waals surface area contributed by atoms with E-state index in [-0.39, 0.29) is 36.6 Å². The number of nitrogens with zero attached hydrogens (tertiary/aromatic N) is 1. The lowest BCUT2D eigenvalue weighted by molar-refractivity contribution is -0.240. The van der Waals surface area contributed by atoms with E-state index < -0.39 is 28.6 Å². The minimum absolute atomic E-state index is 0.0726.